The molecular weight excluding hydrogens is 257 g/mol. The second kappa shape index (κ2) is 7.13. The minimum absolute atomic E-state index is 0.365. The number of hydrogen-bond acceptors (Lipinski definition) is 2. The van der Waals surface area contributed by atoms with Crippen LogP contribution in [-0.4, -0.2) is 25.2 Å². The number of hydrogen-bond donors (Lipinski definition) is 2. The van der Waals surface area contributed by atoms with Crippen LogP contribution in [0.2, 0.25) is 0 Å². The molecule has 0 saturated heterocycles. The summed E-state index contributed by atoms with van der Waals surface area (Å²) in [6.45, 7) is 0.536. The van der Waals surface area contributed by atoms with Gasteiger partial charge >= 0.3 is 6.18 Å². The first-order chi connectivity index (χ1) is 8.90. The van der Waals surface area contributed by atoms with E-state index in [1.807, 2.05) is 17.4 Å². The molecule has 106 valence electrons. The largest absolute Gasteiger partial charge is 0.401 e. The van der Waals surface area contributed by atoms with Crippen LogP contribution in [0.15, 0.2) is 24.3 Å². The highest BCUT2D eigenvalue weighted by molar-refractivity contribution is 5.92. The first kappa shape index (κ1) is 15.5. The SMILES string of the molecule is CCCc1ccc(NC(=O)CNCC(F)(F)F)cc1. The molecule has 0 heterocycles. The lowest BCUT2D eigenvalue weighted by molar-refractivity contribution is -0.126. The predicted molar refractivity (Wildman–Crippen MR) is 68.0 cm³/mol. The first-order valence-electron chi connectivity index (χ1n) is 6.07. The number of halogens is 3. The molecule has 0 saturated carbocycles. The zero-order valence-corrected chi connectivity index (χ0v) is 10.7. The molecule has 1 rings (SSSR count). The maximum atomic E-state index is 11.9. The summed E-state index contributed by atoms with van der Waals surface area (Å²) in [6, 6.07) is 7.27. The molecule has 19 heavy (non-hydrogen) atoms. The molecule has 0 spiro atoms. The van der Waals surface area contributed by atoms with E-state index in [4.69, 9.17) is 0 Å². The van der Waals surface area contributed by atoms with Crippen LogP contribution in [0.1, 0.15) is 18.9 Å². The molecule has 3 nitrogen and oxygen atoms in total. The smallest absolute Gasteiger partial charge is 0.325 e. The van der Waals surface area contributed by atoms with Crippen molar-refractivity contribution in [1.29, 1.82) is 0 Å². The second-order valence-corrected chi connectivity index (χ2v) is 4.21. The molecule has 1 aromatic carbocycles. The number of alkyl halides is 3. The molecule has 0 aliphatic carbocycles. The molecule has 6 heteroatoms. The number of amides is 1. The lowest BCUT2D eigenvalue weighted by Crippen LogP contribution is -2.35. The van der Waals surface area contributed by atoms with Crippen molar-refractivity contribution in [3.05, 3.63) is 29.8 Å². The van der Waals surface area contributed by atoms with Crippen molar-refractivity contribution in [2.24, 2.45) is 0 Å². The standard InChI is InChI=1S/C13H17F3N2O/c1-2-3-10-4-6-11(7-5-10)18-12(19)8-17-9-13(14,15)16/h4-7,17H,2-3,8-9H2,1H3,(H,18,19). The quantitative estimate of drug-likeness (QED) is 0.837. The fourth-order valence-corrected chi connectivity index (χ4v) is 1.57. The van der Waals surface area contributed by atoms with E-state index in [1.165, 1.54) is 0 Å². The molecule has 0 aliphatic heterocycles. The Morgan fingerprint density at radius 1 is 1.21 bits per heavy atom. The number of aryl methyl sites for hydroxylation is 1. The van der Waals surface area contributed by atoms with E-state index in [1.54, 1.807) is 12.1 Å². The third kappa shape index (κ3) is 6.81. The molecule has 0 fully saturated rings. The third-order valence-corrected chi connectivity index (χ3v) is 2.39. The molecular formula is C13H17F3N2O. The van der Waals surface area contributed by atoms with Gasteiger partial charge in [0.2, 0.25) is 5.91 Å². The molecule has 1 amide bonds. The van der Waals surface area contributed by atoms with Gasteiger partial charge in [0.15, 0.2) is 0 Å². The van der Waals surface area contributed by atoms with E-state index in [0.29, 0.717) is 5.69 Å². The summed E-state index contributed by atoms with van der Waals surface area (Å²) in [5.74, 6) is -0.493. The van der Waals surface area contributed by atoms with E-state index in [2.05, 4.69) is 12.2 Å². The van der Waals surface area contributed by atoms with E-state index in [-0.39, 0.29) is 6.54 Å². The summed E-state index contributed by atoms with van der Waals surface area (Å²) < 4.78 is 35.6. The van der Waals surface area contributed by atoms with Gasteiger partial charge in [0, 0.05) is 5.69 Å². The van der Waals surface area contributed by atoms with E-state index in [9.17, 15) is 18.0 Å². The van der Waals surface area contributed by atoms with Gasteiger partial charge in [0.1, 0.15) is 0 Å². The van der Waals surface area contributed by atoms with E-state index < -0.39 is 18.6 Å². The Kier molecular flexibility index (Phi) is 5.82. The molecule has 2 N–H and O–H groups in total. The number of carbonyl (C=O) groups is 1. The maximum Gasteiger partial charge on any atom is 0.401 e. The van der Waals surface area contributed by atoms with Crippen molar-refractivity contribution in [3.8, 4) is 0 Å². The molecule has 0 aromatic heterocycles. The van der Waals surface area contributed by atoms with Crippen LogP contribution in [-0.2, 0) is 11.2 Å². The van der Waals surface area contributed by atoms with Gasteiger partial charge < -0.3 is 10.6 Å². The monoisotopic (exact) mass is 274 g/mol. The fraction of sp³-hybridized carbons (Fsp3) is 0.462. The normalized spacial score (nSPS) is 11.4. The summed E-state index contributed by atoms with van der Waals surface area (Å²) in [4.78, 5) is 11.4. The van der Waals surface area contributed by atoms with Gasteiger partial charge in [-0.1, -0.05) is 25.5 Å². The van der Waals surface area contributed by atoms with E-state index in [0.717, 1.165) is 18.4 Å². The summed E-state index contributed by atoms with van der Waals surface area (Å²) in [5, 5.41) is 4.57. The zero-order valence-electron chi connectivity index (χ0n) is 10.7. The molecule has 0 atom stereocenters. The highest BCUT2D eigenvalue weighted by Crippen LogP contribution is 2.12. The second-order valence-electron chi connectivity index (χ2n) is 4.21. The van der Waals surface area contributed by atoms with Gasteiger partial charge in [-0.25, -0.2) is 0 Å². The zero-order chi connectivity index (χ0) is 14.3. The Morgan fingerprint density at radius 3 is 2.37 bits per heavy atom. The highest BCUT2D eigenvalue weighted by atomic mass is 19.4. The third-order valence-electron chi connectivity index (χ3n) is 2.39. The van der Waals surface area contributed by atoms with Crippen molar-refractivity contribution in [3.63, 3.8) is 0 Å². The van der Waals surface area contributed by atoms with Crippen LogP contribution in [0.25, 0.3) is 0 Å². The molecule has 0 unspecified atom stereocenters. The predicted octanol–water partition coefficient (Wildman–Crippen LogP) is 2.73. The summed E-state index contributed by atoms with van der Waals surface area (Å²) in [5.41, 5.74) is 1.74. The van der Waals surface area contributed by atoms with Crippen LogP contribution >= 0.6 is 0 Å². The maximum absolute atomic E-state index is 11.9. The van der Waals surface area contributed by atoms with Crippen molar-refractivity contribution in [2.75, 3.05) is 18.4 Å². The van der Waals surface area contributed by atoms with Crippen LogP contribution in [0, 0.1) is 0 Å². The van der Waals surface area contributed by atoms with Gasteiger partial charge in [-0.15, -0.1) is 0 Å². The number of anilines is 1. The Balaban J connectivity index is 2.35. The highest BCUT2D eigenvalue weighted by Gasteiger charge is 2.26. The molecule has 0 radical (unpaired) electrons. The Hall–Kier alpha value is -1.56. The van der Waals surface area contributed by atoms with Crippen molar-refractivity contribution in [2.45, 2.75) is 25.9 Å². The Bertz CT molecular complexity index is 401. The fourth-order valence-electron chi connectivity index (χ4n) is 1.57. The Labute approximate surface area is 110 Å². The van der Waals surface area contributed by atoms with Crippen LogP contribution in [0.3, 0.4) is 0 Å². The van der Waals surface area contributed by atoms with Crippen molar-refractivity contribution >= 4 is 11.6 Å². The molecule has 1 aromatic rings. The number of benzene rings is 1. The average molecular weight is 274 g/mol. The molecule has 0 aliphatic rings. The topological polar surface area (TPSA) is 41.1 Å². The molecule has 0 bridgehead atoms. The average Bonchev–Trinajstić information content (AvgIpc) is 2.30. The summed E-state index contributed by atoms with van der Waals surface area (Å²) >= 11 is 0. The van der Waals surface area contributed by atoms with Gasteiger partial charge in [0.05, 0.1) is 13.1 Å². The lowest BCUT2D eigenvalue weighted by Gasteiger charge is -2.09. The van der Waals surface area contributed by atoms with E-state index >= 15 is 0 Å². The van der Waals surface area contributed by atoms with Gasteiger partial charge in [0.25, 0.3) is 0 Å². The van der Waals surface area contributed by atoms with Crippen molar-refractivity contribution < 1.29 is 18.0 Å². The van der Waals surface area contributed by atoms with Crippen LogP contribution in [0.5, 0.6) is 0 Å². The van der Waals surface area contributed by atoms with Crippen LogP contribution < -0.4 is 10.6 Å². The summed E-state index contributed by atoms with van der Waals surface area (Å²) in [6.07, 6.45) is -2.31. The lowest BCUT2D eigenvalue weighted by atomic mass is 10.1. The van der Waals surface area contributed by atoms with Crippen molar-refractivity contribution in [1.82, 2.24) is 5.32 Å². The minimum Gasteiger partial charge on any atom is -0.325 e. The van der Waals surface area contributed by atoms with Gasteiger partial charge in [-0.05, 0) is 24.1 Å². The van der Waals surface area contributed by atoms with Gasteiger partial charge in [-0.2, -0.15) is 13.2 Å². The summed E-state index contributed by atoms with van der Waals surface area (Å²) in [7, 11) is 0. The Morgan fingerprint density at radius 2 is 1.84 bits per heavy atom. The number of rotatable bonds is 6. The van der Waals surface area contributed by atoms with Gasteiger partial charge in [-0.3, -0.25) is 4.79 Å². The van der Waals surface area contributed by atoms with Crippen LogP contribution in [0.4, 0.5) is 18.9 Å². The number of carbonyl (C=O) groups excluding carboxylic acids is 1. The first-order valence-corrected chi connectivity index (χ1v) is 6.07. The number of nitrogens with one attached hydrogen (secondary N) is 2. The minimum atomic E-state index is -4.30.